The van der Waals surface area contributed by atoms with Crippen LogP contribution in [-0.2, 0) is 24.4 Å². The molecule has 2 N–H and O–H groups in total. The molecule has 2 aromatic rings. The number of aromatic nitrogens is 1. The number of halogens is 3. The summed E-state index contributed by atoms with van der Waals surface area (Å²) in [5.74, 6) is 1.15. The lowest BCUT2D eigenvalue weighted by atomic mass is 10.1. The molecule has 28 heavy (non-hydrogen) atoms. The quantitative estimate of drug-likeness (QED) is 0.530. The number of pyridine rings is 1. The van der Waals surface area contributed by atoms with E-state index in [0.717, 1.165) is 11.1 Å². The second-order valence-electron chi connectivity index (χ2n) is 5.88. The Bertz CT molecular complexity index is 765. The number of ether oxygens (including phenoxy) is 2. The van der Waals surface area contributed by atoms with Crippen molar-refractivity contribution < 1.29 is 22.6 Å². The van der Waals surface area contributed by atoms with E-state index in [0.29, 0.717) is 30.5 Å². The van der Waals surface area contributed by atoms with Crippen LogP contribution in [0.5, 0.6) is 5.88 Å². The van der Waals surface area contributed by atoms with Crippen LogP contribution >= 0.6 is 0 Å². The third-order valence-electron chi connectivity index (χ3n) is 3.73. The van der Waals surface area contributed by atoms with Gasteiger partial charge in [-0.25, -0.2) is 4.98 Å². The number of aliphatic imine (C=N–C) groups is 1. The van der Waals surface area contributed by atoms with E-state index in [4.69, 9.17) is 4.74 Å². The molecule has 2 rings (SSSR count). The highest BCUT2D eigenvalue weighted by atomic mass is 19.4. The molecule has 152 valence electrons. The van der Waals surface area contributed by atoms with E-state index >= 15 is 0 Å². The van der Waals surface area contributed by atoms with Gasteiger partial charge in [0.1, 0.15) is 6.61 Å². The topological polar surface area (TPSA) is 67.8 Å². The minimum atomic E-state index is -4.31. The summed E-state index contributed by atoms with van der Waals surface area (Å²) in [4.78, 5) is 8.30. The van der Waals surface area contributed by atoms with Crippen molar-refractivity contribution in [1.29, 1.82) is 0 Å². The van der Waals surface area contributed by atoms with Gasteiger partial charge in [0.05, 0.1) is 13.7 Å². The molecule has 0 spiro atoms. The van der Waals surface area contributed by atoms with Crippen LogP contribution in [0.1, 0.15) is 16.7 Å². The molecule has 1 heterocycles. The van der Waals surface area contributed by atoms with Crippen molar-refractivity contribution in [3.63, 3.8) is 0 Å². The molecule has 0 aliphatic rings. The first-order chi connectivity index (χ1) is 13.4. The van der Waals surface area contributed by atoms with Crippen LogP contribution in [0.3, 0.4) is 0 Å². The molecule has 0 saturated heterocycles. The summed E-state index contributed by atoms with van der Waals surface area (Å²) in [6, 6.07) is 10.9. The zero-order chi connectivity index (χ0) is 20.4. The highest BCUT2D eigenvalue weighted by molar-refractivity contribution is 5.79. The third kappa shape index (κ3) is 7.43. The summed E-state index contributed by atoms with van der Waals surface area (Å²) in [5, 5.41) is 6.35. The van der Waals surface area contributed by atoms with Crippen molar-refractivity contribution >= 4 is 5.96 Å². The number of methoxy groups -OCH3 is 1. The summed E-state index contributed by atoms with van der Waals surface area (Å²) in [6.07, 6.45) is -2.65. The SMILES string of the molecule is CN=C(NCc1ccc(COCC(F)(F)F)cc1)NCc1cccnc1OC. The maximum Gasteiger partial charge on any atom is 0.411 e. The van der Waals surface area contributed by atoms with Gasteiger partial charge in [-0.3, -0.25) is 4.99 Å². The maximum atomic E-state index is 12.1. The third-order valence-corrected chi connectivity index (χ3v) is 3.73. The molecule has 0 amide bonds. The number of hydrogen-bond acceptors (Lipinski definition) is 4. The van der Waals surface area contributed by atoms with Gasteiger partial charge in [0.2, 0.25) is 5.88 Å². The maximum absolute atomic E-state index is 12.1. The molecule has 0 unspecified atom stereocenters. The smallest absolute Gasteiger partial charge is 0.411 e. The first-order valence-electron chi connectivity index (χ1n) is 8.56. The monoisotopic (exact) mass is 396 g/mol. The fourth-order valence-corrected chi connectivity index (χ4v) is 2.37. The first-order valence-corrected chi connectivity index (χ1v) is 8.56. The predicted molar refractivity (Wildman–Crippen MR) is 100.0 cm³/mol. The van der Waals surface area contributed by atoms with Gasteiger partial charge in [-0.2, -0.15) is 13.2 Å². The van der Waals surface area contributed by atoms with Crippen LogP contribution in [0.4, 0.5) is 13.2 Å². The molecule has 0 aliphatic heterocycles. The lowest BCUT2D eigenvalue weighted by Gasteiger charge is -2.13. The molecule has 0 fully saturated rings. The van der Waals surface area contributed by atoms with Gasteiger partial charge in [-0.1, -0.05) is 30.3 Å². The Morgan fingerprint density at radius 1 is 1.07 bits per heavy atom. The lowest BCUT2D eigenvalue weighted by molar-refractivity contribution is -0.176. The lowest BCUT2D eigenvalue weighted by Crippen LogP contribution is -2.36. The van der Waals surface area contributed by atoms with Crippen molar-refractivity contribution in [3.05, 3.63) is 59.3 Å². The molecule has 0 radical (unpaired) electrons. The second kappa shape index (κ2) is 10.5. The standard InChI is InChI=1S/C19H23F3N4O2/c1-23-18(26-11-16-4-3-9-24-17(16)27-2)25-10-14-5-7-15(8-6-14)12-28-13-19(20,21)22/h3-9H,10-13H2,1-2H3,(H2,23,25,26). The molecule has 1 aromatic carbocycles. The summed E-state index contributed by atoms with van der Waals surface area (Å²) < 4.78 is 46.1. The van der Waals surface area contributed by atoms with Crippen LogP contribution in [0.2, 0.25) is 0 Å². The van der Waals surface area contributed by atoms with E-state index in [9.17, 15) is 13.2 Å². The second-order valence-corrected chi connectivity index (χ2v) is 5.88. The fourth-order valence-electron chi connectivity index (χ4n) is 2.37. The zero-order valence-corrected chi connectivity index (χ0v) is 15.7. The first kappa shape index (κ1) is 21.5. The number of hydrogen-bond donors (Lipinski definition) is 2. The number of nitrogens with zero attached hydrogens (tertiary/aromatic N) is 2. The Morgan fingerprint density at radius 3 is 2.39 bits per heavy atom. The average molecular weight is 396 g/mol. The van der Waals surface area contributed by atoms with Gasteiger partial charge >= 0.3 is 6.18 Å². The molecular weight excluding hydrogens is 373 g/mol. The zero-order valence-electron chi connectivity index (χ0n) is 15.7. The van der Waals surface area contributed by atoms with E-state index < -0.39 is 12.8 Å². The molecule has 0 atom stereocenters. The average Bonchev–Trinajstić information content (AvgIpc) is 2.68. The van der Waals surface area contributed by atoms with Crippen LogP contribution in [0.15, 0.2) is 47.6 Å². The van der Waals surface area contributed by atoms with E-state index in [2.05, 4.69) is 25.3 Å². The Balaban J connectivity index is 1.80. The van der Waals surface area contributed by atoms with Crippen LogP contribution in [0.25, 0.3) is 0 Å². The minimum Gasteiger partial charge on any atom is -0.481 e. The van der Waals surface area contributed by atoms with E-state index in [1.165, 1.54) is 0 Å². The Labute approximate surface area is 161 Å². The Morgan fingerprint density at radius 2 is 1.75 bits per heavy atom. The van der Waals surface area contributed by atoms with E-state index in [-0.39, 0.29) is 6.61 Å². The Kier molecular flexibility index (Phi) is 8.06. The van der Waals surface area contributed by atoms with Crippen molar-refractivity contribution in [2.75, 3.05) is 20.8 Å². The summed E-state index contributed by atoms with van der Waals surface area (Å²) in [7, 11) is 3.23. The van der Waals surface area contributed by atoms with Gasteiger partial charge in [-0.15, -0.1) is 0 Å². The van der Waals surface area contributed by atoms with E-state index in [1.807, 2.05) is 24.3 Å². The van der Waals surface area contributed by atoms with Crippen LogP contribution < -0.4 is 15.4 Å². The fraction of sp³-hybridized carbons (Fsp3) is 0.368. The van der Waals surface area contributed by atoms with Gasteiger partial charge in [-0.05, 0) is 17.2 Å². The Hall–Kier alpha value is -2.81. The van der Waals surface area contributed by atoms with Crippen molar-refractivity contribution in [3.8, 4) is 5.88 Å². The highest BCUT2D eigenvalue weighted by Crippen LogP contribution is 2.16. The summed E-state index contributed by atoms with van der Waals surface area (Å²) in [5.41, 5.74) is 2.54. The van der Waals surface area contributed by atoms with Crippen molar-refractivity contribution in [2.24, 2.45) is 4.99 Å². The number of alkyl halides is 3. The normalized spacial score (nSPS) is 12.0. The van der Waals surface area contributed by atoms with Gasteiger partial charge in [0.25, 0.3) is 0 Å². The number of guanidine groups is 1. The highest BCUT2D eigenvalue weighted by Gasteiger charge is 2.27. The minimum absolute atomic E-state index is 0.0800. The molecule has 6 nitrogen and oxygen atoms in total. The molecule has 0 saturated carbocycles. The summed E-state index contributed by atoms with van der Waals surface area (Å²) >= 11 is 0. The molecule has 0 aliphatic carbocycles. The summed E-state index contributed by atoms with van der Waals surface area (Å²) in [6.45, 7) is -0.330. The van der Waals surface area contributed by atoms with Crippen molar-refractivity contribution in [1.82, 2.24) is 15.6 Å². The molecular formula is C19H23F3N4O2. The number of benzene rings is 1. The van der Waals surface area contributed by atoms with Gasteiger partial charge in [0.15, 0.2) is 5.96 Å². The predicted octanol–water partition coefficient (Wildman–Crippen LogP) is 3.03. The van der Waals surface area contributed by atoms with Crippen LogP contribution in [0, 0.1) is 0 Å². The molecule has 1 aromatic heterocycles. The van der Waals surface area contributed by atoms with Gasteiger partial charge < -0.3 is 20.1 Å². The van der Waals surface area contributed by atoms with Crippen molar-refractivity contribution in [2.45, 2.75) is 25.9 Å². The number of rotatable bonds is 8. The molecule has 9 heteroatoms. The van der Waals surface area contributed by atoms with Crippen LogP contribution in [-0.4, -0.2) is 37.9 Å². The number of nitrogens with one attached hydrogen (secondary N) is 2. The molecule has 0 bridgehead atoms. The van der Waals surface area contributed by atoms with E-state index in [1.54, 1.807) is 32.5 Å². The largest absolute Gasteiger partial charge is 0.481 e. The van der Waals surface area contributed by atoms with Gasteiger partial charge in [0, 0.05) is 31.9 Å².